The van der Waals surface area contributed by atoms with E-state index in [-0.39, 0.29) is 73.0 Å². The fraction of sp³-hybridized carbons (Fsp3) is 1.00. The van der Waals surface area contributed by atoms with Crippen molar-refractivity contribution in [1.29, 1.82) is 0 Å². The van der Waals surface area contributed by atoms with Gasteiger partial charge in [-0.1, -0.05) is 117 Å². The minimum absolute atomic E-state index is 0. The molecule has 124 valence electrons. The first kappa shape index (κ1) is 27.0. The average molecular weight is 331 g/mol. The topological polar surface area (TPSA) is 0 Å². The van der Waals surface area contributed by atoms with Crippen molar-refractivity contribution < 1.29 is 4.28 Å². The molecule has 0 fully saturated rings. The van der Waals surface area contributed by atoms with Gasteiger partial charge in [0.2, 0.25) is 0 Å². The molecule has 0 unspecified atom stereocenters. The summed E-state index contributed by atoms with van der Waals surface area (Å²) in [5.41, 5.74) is 0. The molecule has 0 heterocycles. The molecular formula is C18H48AlK. The zero-order valence-corrected chi connectivity index (χ0v) is 13.3. The molecule has 0 radical (unpaired) electrons. The maximum atomic E-state index is 2.29. The Morgan fingerprint density at radius 3 is 0.700 bits per heavy atom. The Morgan fingerprint density at radius 1 is 0.400 bits per heavy atom. The number of rotatable bonds is 15. The van der Waals surface area contributed by atoms with Crippen LogP contribution in [0.5, 0.6) is 0 Å². The summed E-state index contributed by atoms with van der Waals surface area (Å²) < 4.78 is 0. The molecule has 20 heavy (non-hydrogen) atoms. The summed E-state index contributed by atoms with van der Waals surface area (Å²) in [4.78, 5) is 0. The zero-order chi connectivity index (χ0) is 13.3. The summed E-state index contributed by atoms with van der Waals surface area (Å²) in [6, 6.07) is 0. The van der Waals surface area contributed by atoms with Gasteiger partial charge in [0.15, 0.2) is 17.4 Å². The van der Waals surface area contributed by atoms with Gasteiger partial charge in [-0.2, -0.15) is 0 Å². The fourth-order valence-electron chi connectivity index (χ4n) is 2.62. The van der Waals surface area contributed by atoms with E-state index in [0.717, 1.165) is 0 Å². The van der Waals surface area contributed by atoms with Crippen LogP contribution in [0.25, 0.3) is 0 Å². The van der Waals surface area contributed by atoms with Gasteiger partial charge in [0.1, 0.15) is 0 Å². The molecule has 2 heteroatoms. The molecule has 0 spiro atoms. The van der Waals surface area contributed by atoms with E-state index in [0.29, 0.717) is 0 Å². The van der Waals surface area contributed by atoms with Gasteiger partial charge in [0.05, 0.1) is 0 Å². The molecule has 0 N–H and O–H groups in total. The van der Waals surface area contributed by atoms with Crippen molar-refractivity contribution in [3.8, 4) is 0 Å². The normalized spacial score (nSPS) is 9.90. The van der Waals surface area contributed by atoms with E-state index < -0.39 is 0 Å². The Hall–Kier alpha value is 2.17. The molecule has 0 saturated carbocycles. The average Bonchev–Trinajstić information content (AvgIpc) is 2.39. The van der Waals surface area contributed by atoms with Crippen LogP contribution in [0.1, 0.15) is 121 Å². The number of hydrogen-bond donors (Lipinski definition) is 0. The molecule has 0 aromatic carbocycles. The predicted molar refractivity (Wildman–Crippen MR) is 109 cm³/mol. The van der Waals surface area contributed by atoms with E-state index in [4.69, 9.17) is 0 Å². The Labute approximate surface area is 187 Å². The van der Waals surface area contributed by atoms with Crippen molar-refractivity contribution in [3.63, 3.8) is 0 Å². The van der Waals surface area contributed by atoms with Crippen LogP contribution in [0, 0.1) is 0 Å². The standard InChI is InChI=1S/C18H38.Al.K.3H2.4H/c1-3-5-7-9-11-13-15-17-18-16-14-12-10-8-6-4-2;;;;;;;;;/h3-18H2,1-2H3;;;3*1H;;;;. The van der Waals surface area contributed by atoms with Crippen LogP contribution in [-0.2, 0) is 0 Å². The molecule has 0 aromatic heterocycles. The first-order valence-electron chi connectivity index (χ1n) is 8.91. The summed E-state index contributed by atoms with van der Waals surface area (Å²) in [7, 11) is 0. The van der Waals surface area contributed by atoms with Gasteiger partial charge in [0, 0.05) is 4.28 Å². The van der Waals surface area contributed by atoms with Gasteiger partial charge in [-0.05, 0) is 0 Å². The van der Waals surface area contributed by atoms with Crippen molar-refractivity contribution in [2.24, 2.45) is 0 Å². The van der Waals surface area contributed by atoms with Crippen LogP contribution in [0.15, 0.2) is 0 Å². The third kappa shape index (κ3) is 25.1. The first-order valence-corrected chi connectivity index (χ1v) is 8.91. The van der Waals surface area contributed by atoms with Gasteiger partial charge in [-0.15, -0.1) is 0 Å². The zero-order valence-electron chi connectivity index (χ0n) is 13.3. The monoisotopic (exact) mass is 330 g/mol. The van der Waals surface area contributed by atoms with E-state index >= 15 is 0 Å². The van der Waals surface area contributed by atoms with E-state index in [9.17, 15) is 0 Å². The van der Waals surface area contributed by atoms with Gasteiger partial charge in [-0.25, -0.2) is 0 Å². The van der Waals surface area contributed by atoms with Gasteiger partial charge >= 0.3 is 51.4 Å². The molecule has 0 atom stereocenters. The molecule has 0 amide bonds. The van der Waals surface area contributed by atoms with Crippen LogP contribution in [0.2, 0.25) is 0 Å². The van der Waals surface area contributed by atoms with E-state index in [2.05, 4.69) is 13.8 Å². The Balaban J connectivity index is -0.000000144. The van der Waals surface area contributed by atoms with Crippen molar-refractivity contribution in [1.82, 2.24) is 0 Å². The van der Waals surface area contributed by atoms with Crippen LogP contribution >= 0.6 is 0 Å². The first-order chi connectivity index (χ1) is 8.91. The van der Waals surface area contributed by atoms with Gasteiger partial charge in [0.25, 0.3) is 0 Å². The Kier molecular flexibility index (Phi) is 35.3. The van der Waals surface area contributed by atoms with Crippen molar-refractivity contribution in [3.05, 3.63) is 0 Å². The second-order valence-electron chi connectivity index (χ2n) is 5.95. The van der Waals surface area contributed by atoms with E-state index in [1.54, 1.807) is 0 Å². The van der Waals surface area contributed by atoms with Gasteiger partial charge < -0.3 is 0 Å². The second kappa shape index (κ2) is 26.1. The summed E-state index contributed by atoms with van der Waals surface area (Å²) >= 11 is 0. The van der Waals surface area contributed by atoms with Crippen LogP contribution in [-0.4, -0.2) is 68.7 Å². The molecule has 0 bridgehead atoms. The van der Waals surface area contributed by atoms with Crippen molar-refractivity contribution in [2.75, 3.05) is 0 Å². The molecule has 0 rings (SSSR count). The molecule has 0 aliphatic rings. The van der Waals surface area contributed by atoms with Crippen LogP contribution in [0.4, 0.5) is 0 Å². The van der Waals surface area contributed by atoms with Crippen molar-refractivity contribution in [2.45, 2.75) is 117 Å². The third-order valence-electron chi connectivity index (χ3n) is 3.96. The predicted octanol–water partition coefficient (Wildman–Crippen LogP) is 6.17. The fourth-order valence-corrected chi connectivity index (χ4v) is 2.62. The Bertz CT molecular complexity index is 136. The summed E-state index contributed by atoms with van der Waals surface area (Å²) in [5.74, 6) is 0. The molecule has 0 aliphatic carbocycles. The molecule has 0 nitrogen and oxygen atoms in total. The van der Waals surface area contributed by atoms with Gasteiger partial charge in [-0.3, -0.25) is 0 Å². The van der Waals surface area contributed by atoms with Crippen molar-refractivity contribution >= 4 is 68.7 Å². The van der Waals surface area contributed by atoms with E-state index in [1.165, 1.54) is 103 Å². The summed E-state index contributed by atoms with van der Waals surface area (Å²) in [6.07, 6.45) is 23.4. The minimum atomic E-state index is 0. The second-order valence-corrected chi connectivity index (χ2v) is 5.95. The quantitative estimate of drug-likeness (QED) is 0.249. The maximum absolute atomic E-state index is 2.29. The number of unbranched alkanes of at least 4 members (excludes halogenated alkanes) is 15. The molecule has 0 saturated heterocycles. The SMILES string of the molecule is CCCCCCCCCCCCCCCCCC.[AlH3].[HH].[HH].[HH].[KH]. The summed E-state index contributed by atoms with van der Waals surface area (Å²) in [6.45, 7) is 4.59. The van der Waals surface area contributed by atoms with Crippen LogP contribution < -0.4 is 0 Å². The molecular weight excluding hydrogens is 282 g/mol. The molecule has 0 aliphatic heterocycles. The molecule has 0 aromatic rings. The number of hydrogen-bond acceptors (Lipinski definition) is 0. The summed E-state index contributed by atoms with van der Waals surface area (Å²) in [5, 5.41) is 0. The van der Waals surface area contributed by atoms with Crippen LogP contribution in [0.3, 0.4) is 0 Å². The van der Waals surface area contributed by atoms with E-state index in [1.807, 2.05) is 0 Å². The third-order valence-corrected chi connectivity index (χ3v) is 3.96. The Morgan fingerprint density at radius 2 is 0.550 bits per heavy atom.